The first-order chi connectivity index (χ1) is 8.63. The summed E-state index contributed by atoms with van der Waals surface area (Å²) < 4.78 is 15.7. The molecule has 96 valence electrons. The fraction of sp³-hybridized carbons (Fsp3) is 0.308. The van der Waals surface area contributed by atoms with Crippen LogP contribution in [0, 0.1) is 5.82 Å². The van der Waals surface area contributed by atoms with Gasteiger partial charge in [0, 0.05) is 42.0 Å². The number of benzene rings is 1. The molecule has 5 heteroatoms. The third-order valence-electron chi connectivity index (χ3n) is 2.92. The maximum Gasteiger partial charge on any atom is 0.129 e. The first-order valence-corrected chi connectivity index (χ1v) is 6.20. The van der Waals surface area contributed by atoms with Crippen LogP contribution in [0.5, 0.6) is 0 Å². The first kappa shape index (κ1) is 13.1. The lowest BCUT2D eigenvalue weighted by atomic mass is 10.0. The van der Waals surface area contributed by atoms with Gasteiger partial charge in [0.25, 0.3) is 0 Å². The van der Waals surface area contributed by atoms with E-state index >= 15 is 0 Å². The van der Waals surface area contributed by atoms with Crippen LogP contribution in [-0.2, 0) is 13.0 Å². The summed E-state index contributed by atoms with van der Waals surface area (Å²) in [5.41, 5.74) is 6.39. The van der Waals surface area contributed by atoms with E-state index in [0.29, 0.717) is 17.0 Å². The smallest absolute Gasteiger partial charge is 0.129 e. The molecule has 0 aliphatic carbocycles. The standard InChI is InChI=1S/C13H15ClFN3/c1-2-18-7-6-17-12(18)8-11(16)13-9(14)4-3-5-10(13)15/h3-7,11H,2,8,16H2,1H3. The number of halogens is 2. The predicted octanol–water partition coefficient (Wildman–Crippen LogP) is 2.94. The number of aryl methyl sites for hydroxylation is 1. The van der Waals surface area contributed by atoms with Crippen molar-refractivity contribution in [2.45, 2.75) is 25.9 Å². The van der Waals surface area contributed by atoms with E-state index in [4.69, 9.17) is 17.3 Å². The second-order valence-corrected chi connectivity index (χ2v) is 4.48. The normalized spacial score (nSPS) is 12.7. The molecule has 2 aromatic rings. The highest BCUT2D eigenvalue weighted by atomic mass is 35.5. The molecule has 1 aromatic heterocycles. The number of rotatable bonds is 4. The molecule has 0 radical (unpaired) electrons. The quantitative estimate of drug-likeness (QED) is 0.926. The van der Waals surface area contributed by atoms with Gasteiger partial charge in [0.1, 0.15) is 11.6 Å². The molecule has 18 heavy (non-hydrogen) atoms. The van der Waals surface area contributed by atoms with Crippen molar-refractivity contribution in [1.82, 2.24) is 9.55 Å². The van der Waals surface area contributed by atoms with Gasteiger partial charge in [-0.25, -0.2) is 9.37 Å². The molecule has 1 atom stereocenters. The lowest BCUT2D eigenvalue weighted by molar-refractivity contribution is 0.565. The molecule has 1 aromatic carbocycles. The van der Waals surface area contributed by atoms with Crippen molar-refractivity contribution in [3.63, 3.8) is 0 Å². The van der Waals surface area contributed by atoms with Gasteiger partial charge in [-0.1, -0.05) is 17.7 Å². The zero-order valence-corrected chi connectivity index (χ0v) is 10.9. The molecule has 0 spiro atoms. The van der Waals surface area contributed by atoms with Crippen molar-refractivity contribution in [3.05, 3.63) is 52.8 Å². The molecule has 0 amide bonds. The fourth-order valence-corrected chi connectivity index (χ4v) is 2.28. The van der Waals surface area contributed by atoms with Crippen LogP contribution in [-0.4, -0.2) is 9.55 Å². The van der Waals surface area contributed by atoms with E-state index in [1.54, 1.807) is 18.3 Å². The molecule has 2 rings (SSSR count). The molecule has 0 aliphatic heterocycles. The van der Waals surface area contributed by atoms with Gasteiger partial charge >= 0.3 is 0 Å². The highest BCUT2D eigenvalue weighted by Gasteiger charge is 2.17. The summed E-state index contributed by atoms with van der Waals surface area (Å²) in [6.07, 6.45) is 4.06. The average molecular weight is 268 g/mol. The van der Waals surface area contributed by atoms with Crippen LogP contribution in [0.2, 0.25) is 5.02 Å². The Morgan fingerprint density at radius 1 is 1.50 bits per heavy atom. The SMILES string of the molecule is CCn1ccnc1CC(N)c1c(F)cccc1Cl. The van der Waals surface area contributed by atoms with E-state index in [1.165, 1.54) is 6.07 Å². The van der Waals surface area contributed by atoms with E-state index in [0.717, 1.165) is 12.4 Å². The molecule has 1 unspecified atom stereocenters. The Kier molecular flexibility index (Phi) is 3.99. The Bertz CT molecular complexity index is 519. The van der Waals surface area contributed by atoms with Crippen molar-refractivity contribution in [3.8, 4) is 0 Å². The second-order valence-electron chi connectivity index (χ2n) is 4.08. The third-order valence-corrected chi connectivity index (χ3v) is 3.24. The van der Waals surface area contributed by atoms with Crippen LogP contribution in [0.1, 0.15) is 24.4 Å². The monoisotopic (exact) mass is 267 g/mol. The Balaban J connectivity index is 2.25. The van der Waals surface area contributed by atoms with Crippen LogP contribution >= 0.6 is 11.6 Å². The topological polar surface area (TPSA) is 43.8 Å². The maximum absolute atomic E-state index is 13.7. The lowest BCUT2D eigenvalue weighted by Crippen LogP contribution is -2.18. The summed E-state index contributed by atoms with van der Waals surface area (Å²) in [6.45, 7) is 2.83. The summed E-state index contributed by atoms with van der Waals surface area (Å²) in [5.74, 6) is 0.467. The van der Waals surface area contributed by atoms with Gasteiger partial charge in [-0.15, -0.1) is 0 Å². The zero-order valence-electron chi connectivity index (χ0n) is 10.1. The number of hydrogen-bond acceptors (Lipinski definition) is 2. The van der Waals surface area contributed by atoms with E-state index in [1.807, 2.05) is 17.7 Å². The summed E-state index contributed by atoms with van der Waals surface area (Å²) in [6, 6.07) is 4.09. The second kappa shape index (κ2) is 5.50. The zero-order chi connectivity index (χ0) is 13.1. The Morgan fingerprint density at radius 3 is 2.94 bits per heavy atom. The molecule has 0 aliphatic rings. The number of nitrogens with two attached hydrogens (primary N) is 1. The summed E-state index contributed by atoms with van der Waals surface area (Å²) in [7, 11) is 0. The number of imidazole rings is 1. The average Bonchev–Trinajstić information content (AvgIpc) is 2.76. The van der Waals surface area contributed by atoms with Crippen LogP contribution in [0.15, 0.2) is 30.6 Å². The molecule has 2 N–H and O–H groups in total. The highest BCUT2D eigenvalue weighted by Crippen LogP contribution is 2.26. The van der Waals surface area contributed by atoms with Crippen LogP contribution in [0.3, 0.4) is 0 Å². The Morgan fingerprint density at radius 2 is 2.28 bits per heavy atom. The molecule has 3 nitrogen and oxygen atoms in total. The van der Waals surface area contributed by atoms with Crippen LogP contribution in [0.25, 0.3) is 0 Å². The minimum atomic E-state index is -0.494. The molecular weight excluding hydrogens is 253 g/mol. The van der Waals surface area contributed by atoms with Gasteiger partial charge < -0.3 is 10.3 Å². The minimum Gasteiger partial charge on any atom is -0.335 e. The first-order valence-electron chi connectivity index (χ1n) is 5.83. The van der Waals surface area contributed by atoms with Crippen molar-refractivity contribution in [1.29, 1.82) is 0 Å². The molecule has 0 bridgehead atoms. The molecule has 0 fully saturated rings. The summed E-state index contributed by atoms with van der Waals surface area (Å²) in [4.78, 5) is 4.23. The van der Waals surface area contributed by atoms with Gasteiger partial charge in [-0.3, -0.25) is 0 Å². The van der Waals surface area contributed by atoms with Crippen molar-refractivity contribution in [2.24, 2.45) is 5.73 Å². The van der Waals surface area contributed by atoms with E-state index in [-0.39, 0.29) is 5.82 Å². The van der Waals surface area contributed by atoms with Gasteiger partial charge in [-0.05, 0) is 19.1 Å². The van der Waals surface area contributed by atoms with Crippen molar-refractivity contribution in [2.75, 3.05) is 0 Å². The molecule has 0 saturated heterocycles. The van der Waals surface area contributed by atoms with Crippen LogP contribution in [0.4, 0.5) is 4.39 Å². The summed E-state index contributed by atoms with van der Waals surface area (Å²) >= 11 is 5.99. The van der Waals surface area contributed by atoms with Gasteiger partial charge in [0.05, 0.1) is 0 Å². The van der Waals surface area contributed by atoms with Crippen molar-refractivity contribution >= 4 is 11.6 Å². The largest absolute Gasteiger partial charge is 0.335 e. The van der Waals surface area contributed by atoms with E-state index < -0.39 is 6.04 Å². The molecule has 1 heterocycles. The number of hydrogen-bond donors (Lipinski definition) is 1. The van der Waals surface area contributed by atoms with Crippen LogP contribution < -0.4 is 5.73 Å². The minimum absolute atomic E-state index is 0.352. The molecule has 0 saturated carbocycles. The fourth-order valence-electron chi connectivity index (χ4n) is 1.98. The van der Waals surface area contributed by atoms with E-state index in [9.17, 15) is 4.39 Å². The number of aromatic nitrogens is 2. The van der Waals surface area contributed by atoms with Gasteiger partial charge in [-0.2, -0.15) is 0 Å². The Hall–Kier alpha value is -1.39. The predicted molar refractivity (Wildman–Crippen MR) is 69.9 cm³/mol. The highest BCUT2D eigenvalue weighted by molar-refractivity contribution is 6.31. The molecular formula is C13H15ClFN3. The maximum atomic E-state index is 13.7. The number of nitrogens with zero attached hydrogens (tertiary/aromatic N) is 2. The van der Waals surface area contributed by atoms with E-state index in [2.05, 4.69) is 4.98 Å². The van der Waals surface area contributed by atoms with Gasteiger partial charge in [0.15, 0.2) is 0 Å². The van der Waals surface area contributed by atoms with Crippen molar-refractivity contribution < 1.29 is 4.39 Å². The lowest BCUT2D eigenvalue weighted by Gasteiger charge is -2.15. The van der Waals surface area contributed by atoms with Gasteiger partial charge in [0.2, 0.25) is 0 Å². The Labute approximate surface area is 110 Å². The summed E-state index contributed by atoms with van der Waals surface area (Å²) in [5, 5.41) is 0.358. The third kappa shape index (κ3) is 2.54.